The second-order valence-corrected chi connectivity index (χ2v) is 8.07. The monoisotopic (exact) mass is 357 g/mol. The summed E-state index contributed by atoms with van der Waals surface area (Å²) >= 11 is 0. The lowest BCUT2D eigenvalue weighted by Gasteiger charge is -2.12. The molecule has 140 valence electrons. The van der Waals surface area contributed by atoms with Crippen molar-refractivity contribution in [2.24, 2.45) is 11.8 Å². The maximum absolute atomic E-state index is 2.39. The molecule has 3 rings (SSSR count). The van der Waals surface area contributed by atoms with Crippen molar-refractivity contribution in [3.8, 4) is 0 Å². The summed E-state index contributed by atoms with van der Waals surface area (Å²) in [6.07, 6.45) is 16.0. The first-order chi connectivity index (χ1) is 12.9. The fourth-order valence-electron chi connectivity index (χ4n) is 3.67. The van der Waals surface area contributed by atoms with Gasteiger partial charge in [-0.3, -0.25) is 0 Å². The Bertz CT molecular complexity index is 881. The van der Waals surface area contributed by atoms with Crippen molar-refractivity contribution < 1.29 is 0 Å². The fraction of sp³-hybridized carbons (Fsp3) is 0.308. The molecule has 0 N–H and O–H groups in total. The van der Waals surface area contributed by atoms with Crippen LogP contribution in [0.25, 0.3) is 6.08 Å². The van der Waals surface area contributed by atoms with Gasteiger partial charge >= 0.3 is 0 Å². The Morgan fingerprint density at radius 2 is 1.74 bits per heavy atom. The molecule has 1 nitrogen and oxygen atoms in total. The van der Waals surface area contributed by atoms with Gasteiger partial charge in [-0.2, -0.15) is 0 Å². The first-order valence-electron chi connectivity index (χ1n) is 9.85. The summed E-state index contributed by atoms with van der Waals surface area (Å²) in [6, 6.07) is 8.64. The Labute approximate surface area is 164 Å². The molecule has 0 saturated heterocycles. The standard InChI is InChI=1S/C26H31N/c1-18(2)22-13-10-19(3)26-23(16-20(4)25(26)17-22)9-7-8-21-11-14-24(15-12-21)27(5)6/h7-19H,1-6H3. The zero-order valence-electron chi connectivity index (χ0n) is 17.5. The van der Waals surface area contributed by atoms with Crippen molar-refractivity contribution in [2.45, 2.75) is 27.7 Å². The molecule has 0 amide bonds. The molecule has 1 atom stereocenters. The lowest BCUT2D eigenvalue weighted by atomic mass is 9.93. The molecule has 0 radical (unpaired) electrons. The van der Waals surface area contributed by atoms with Crippen LogP contribution < -0.4 is 4.90 Å². The van der Waals surface area contributed by atoms with E-state index in [1.165, 1.54) is 39.1 Å². The van der Waals surface area contributed by atoms with Crippen LogP contribution in [0.5, 0.6) is 0 Å². The first-order valence-corrected chi connectivity index (χ1v) is 9.85. The zero-order chi connectivity index (χ0) is 19.6. The van der Waals surface area contributed by atoms with Gasteiger partial charge in [0.2, 0.25) is 0 Å². The number of allylic oxidation sites excluding steroid dienone is 11. The van der Waals surface area contributed by atoms with E-state index in [9.17, 15) is 0 Å². The minimum Gasteiger partial charge on any atom is -0.378 e. The summed E-state index contributed by atoms with van der Waals surface area (Å²) in [6.45, 7) is 9.06. The minimum atomic E-state index is 0.431. The van der Waals surface area contributed by atoms with Gasteiger partial charge in [-0.1, -0.05) is 75.4 Å². The third kappa shape index (κ3) is 4.24. The van der Waals surface area contributed by atoms with Crippen molar-refractivity contribution in [1.82, 2.24) is 0 Å². The molecule has 27 heavy (non-hydrogen) atoms. The zero-order valence-corrected chi connectivity index (χ0v) is 17.5. The highest BCUT2D eigenvalue weighted by molar-refractivity contribution is 5.66. The lowest BCUT2D eigenvalue weighted by molar-refractivity contribution is 0.789. The van der Waals surface area contributed by atoms with Crippen LogP contribution in [0.3, 0.4) is 0 Å². The molecule has 0 spiro atoms. The predicted molar refractivity (Wildman–Crippen MR) is 120 cm³/mol. The summed E-state index contributed by atoms with van der Waals surface area (Å²) in [7, 11) is 4.13. The van der Waals surface area contributed by atoms with Crippen molar-refractivity contribution in [3.63, 3.8) is 0 Å². The normalized spacial score (nSPS) is 21.0. The highest BCUT2D eigenvalue weighted by Crippen LogP contribution is 2.39. The molecule has 2 aliphatic carbocycles. The molecule has 0 aromatic heterocycles. The van der Waals surface area contributed by atoms with Gasteiger partial charge in [0.15, 0.2) is 0 Å². The predicted octanol–water partition coefficient (Wildman–Crippen LogP) is 6.74. The van der Waals surface area contributed by atoms with Gasteiger partial charge < -0.3 is 4.90 Å². The third-order valence-corrected chi connectivity index (χ3v) is 5.38. The van der Waals surface area contributed by atoms with Crippen LogP contribution in [-0.4, -0.2) is 14.1 Å². The molecule has 0 heterocycles. The van der Waals surface area contributed by atoms with Crippen LogP contribution in [0.15, 0.2) is 88.6 Å². The van der Waals surface area contributed by atoms with Crippen LogP contribution in [-0.2, 0) is 0 Å². The minimum absolute atomic E-state index is 0.431. The number of rotatable bonds is 4. The summed E-state index contributed by atoms with van der Waals surface area (Å²) in [5.74, 6) is 0.978. The molecule has 2 aliphatic rings. The van der Waals surface area contributed by atoms with Crippen molar-refractivity contribution in [2.75, 3.05) is 19.0 Å². The van der Waals surface area contributed by atoms with E-state index in [0.717, 1.165) is 0 Å². The number of anilines is 1. The average Bonchev–Trinajstić information content (AvgIpc) is 2.82. The van der Waals surface area contributed by atoms with Crippen LogP contribution in [0.4, 0.5) is 5.69 Å². The molecule has 1 unspecified atom stereocenters. The van der Waals surface area contributed by atoms with E-state index in [4.69, 9.17) is 0 Å². The van der Waals surface area contributed by atoms with Gasteiger partial charge in [0.05, 0.1) is 0 Å². The average molecular weight is 358 g/mol. The van der Waals surface area contributed by atoms with Crippen LogP contribution in [0.1, 0.15) is 33.3 Å². The maximum Gasteiger partial charge on any atom is 0.0361 e. The Hall–Kier alpha value is -2.54. The molecule has 1 heteroatoms. The van der Waals surface area contributed by atoms with E-state index in [1.807, 2.05) is 0 Å². The van der Waals surface area contributed by atoms with Gasteiger partial charge in [-0.05, 0) is 58.4 Å². The van der Waals surface area contributed by atoms with E-state index in [0.29, 0.717) is 11.8 Å². The van der Waals surface area contributed by atoms with Crippen molar-refractivity contribution in [3.05, 3.63) is 94.2 Å². The third-order valence-electron chi connectivity index (χ3n) is 5.38. The van der Waals surface area contributed by atoms with E-state index in [2.05, 4.69) is 113 Å². The highest BCUT2D eigenvalue weighted by Gasteiger charge is 2.23. The maximum atomic E-state index is 2.39. The summed E-state index contributed by atoms with van der Waals surface area (Å²) in [5, 5.41) is 0. The van der Waals surface area contributed by atoms with Crippen molar-refractivity contribution >= 4 is 11.8 Å². The number of benzene rings is 1. The SMILES string of the molecule is CC1=CC(=CC=Cc2ccc(N(C)C)cc2)C2=C1C=C(C(C)C)C=CC2C. The van der Waals surface area contributed by atoms with Crippen LogP contribution in [0.2, 0.25) is 0 Å². The number of hydrogen-bond acceptors (Lipinski definition) is 1. The summed E-state index contributed by atoms with van der Waals surface area (Å²) in [5.41, 5.74) is 9.42. The second-order valence-electron chi connectivity index (χ2n) is 8.07. The smallest absolute Gasteiger partial charge is 0.0361 e. The molecular weight excluding hydrogens is 326 g/mol. The Balaban J connectivity index is 1.88. The lowest BCUT2D eigenvalue weighted by Crippen LogP contribution is -2.07. The quantitative estimate of drug-likeness (QED) is 0.577. The largest absolute Gasteiger partial charge is 0.378 e. The van der Waals surface area contributed by atoms with Gasteiger partial charge in [-0.15, -0.1) is 0 Å². The Morgan fingerprint density at radius 1 is 1.04 bits per heavy atom. The van der Waals surface area contributed by atoms with Gasteiger partial charge in [0.25, 0.3) is 0 Å². The second kappa shape index (κ2) is 8.00. The van der Waals surface area contributed by atoms with Crippen LogP contribution in [0, 0.1) is 11.8 Å². The van der Waals surface area contributed by atoms with Gasteiger partial charge in [0.1, 0.15) is 0 Å². The van der Waals surface area contributed by atoms with E-state index in [1.54, 1.807) is 0 Å². The fourth-order valence-corrected chi connectivity index (χ4v) is 3.67. The molecule has 0 aliphatic heterocycles. The topological polar surface area (TPSA) is 3.24 Å². The number of hydrogen-bond donors (Lipinski definition) is 0. The van der Waals surface area contributed by atoms with Gasteiger partial charge in [0, 0.05) is 25.7 Å². The molecule has 0 saturated carbocycles. The van der Waals surface area contributed by atoms with Gasteiger partial charge in [-0.25, -0.2) is 0 Å². The summed E-state index contributed by atoms with van der Waals surface area (Å²) < 4.78 is 0. The molecule has 1 aromatic carbocycles. The summed E-state index contributed by atoms with van der Waals surface area (Å²) in [4.78, 5) is 2.12. The van der Waals surface area contributed by atoms with E-state index >= 15 is 0 Å². The Morgan fingerprint density at radius 3 is 2.37 bits per heavy atom. The number of nitrogens with zero attached hydrogens (tertiary/aromatic N) is 1. The highest BCUT2D eigenvalue weighted by atomic mass is 15.1. The van der Waals surface area contributed by atoms with E-state index < -0.39 is 0 Å². The molecular formula is C26H31N. The molecule has 0 fully saturated rings. The Kier molecular flexibility index (Phi) is 5.70. The van der Waals surface area contributed by atoms with Crippen molar-refractivity contribution in [1.29, 1.82) is 0 Å². The molecule has 1 aromatic rings. The first kappa shape index (κ1) is 19.2. The van der Waals surface area contributed by atoms with E-state index in [-0.39, 0.29) is 0 Å². The molecule has 0 bridgehead atoms. The van der Waals surface area contributed by atoms with Crippen LogP contribution >= 0.6 is 0 Å².